The summed E-state index contributed by atoms with van der Waals surface area (Å²) in [5, 5.41) is 0.0788. The van der Waals surface area contributed by atoms with Crippen molar-refractivity contribution in [1.29, 1.82) is 0 Å². The maximum atomic E-state index is 12.1. The van der Waals surface area contributed by atoms with Crippen LogP contribution in [0.4, 0.5) is 0 Å². The number of aromatic amines is 1. The summed E-state index contributed by atoms with van der Waals surface area (Å²) in [6.45, 7) is 3.46. The van der Waals surface area contributed by atoms with Crippen molar-refractivity contribution in [1.82, 2.24) is 9.55 Å². The molecule has 0 aliphatic rings. The highest BCUT2D eigenvalue weighted by Gasteiger charge is 2.11. The Morgan fingerprint density at radius 3 is 2.56 bits per heavy atom. The second kappa shape index (κ2) is 4.74. The molecule has 0 aliphatic carbocycles. The monoisotopic (exact) mass is 328 g/mol. The summed E-state index contributed by atoms with van der Waals surface area (Å²) in [4.78, 5) is 26.3. The third-order valence-electron chi connectivity index (χ3n) is 2.67. The van der Waals surface area contributed by atoms with E-state index in [9.17, 15) is 9.59 Å². The lowest BCUT2D eigenvalue weighted by Crippen LogP contribution is -2.35. The molecule has 4 nitrogen and oxygen atoms in total. The van der Waals surface area contributed by atoms with Gasteiger partial charge in [0.2, 0.25) is 0 Å². The summed E-state index contributed by atoms with van der Waals surface area (Å²) in [6, 6.07) is 5.25. The van der Waals surface area contributed by atoms with E-state index in [1.807, 2.05) is 6.92 Å². The third kappa shape index (κ3) is 2.15. The van der Waals surface area contributed by atoms with Gasteiger partial charge in [-0.05, 0) is 37.6 Å². The summed E-state index contributed by atoms with van der Waals surface area (Å²) >= 11 is 9.13. The second-order valence-electron chi connectivity index (χ2n) is 3.94. The number of nitrogens with one attached hydrogen (secondary N) is 1. The summed E-state index contributed by atoms with van der Waals surface area (Å²) < 4.78 is 1.99. The molecule has 0 bridgehead atoms. The Bertz CT molecular complexity index is 734. The van der Waals surface area contributed by atoms with Gasteiger partial charge in [-0.2, -0.15) is 0 Å². The number of H-pyrrole nitrogens is 1. The molecule has 0 saturated heterocycles. The van der Waals surface area contributed by atoms with Gasteiger partial charge in [0.1, 0.15) is 5.15 Å². The lowest BCUT2D eigenvalue weighted by Gasteiger charge is -2.08. The van der Waals surface area contributed by atoms with Gasteiger partial charge in [0.25, 0.3) is 5.56 Å². The standard InChI is InChI=1S/C12H10BrClN2O2/c1-6-5-8(3-4-9(6)13)16-11(17)7(2)10(14)15-12(16)18/h3-5H,1-2H3,(H,15,18). The predicted octanol–water partition coefficient (Wildman–Crippen LogP) is 2.56. The highest BCUT2D eigenvalue weighted by Crippen LogP contribution is 2.18. The zero-order chi connectivity index (χ0) is 13.4. The van der Waals surface area contributed by atoms with Crippen molar-refractivity contribution in [3.63, 3.8) is 0 Å². The Balaban J connectivity index is 2.80. The van der Waals surface area contributed by atoms with Crippen LogP contribution >= 0.6 is 27.5 Å². The molecule has 2 aromatic rings. The van der Waals surface area contributed by atoms with E-state index in [0.717, 1.165) is 14.6 Å². The summed E-state index contributed by atoms with van der Waals surface area (Å²) in [5.41, 5.74) is 0.813. The molecule has 1 heterocycles. The minimum Gasteiger partial charge on any atom is -0.297 e. The molecule has 0 atom stereocenters. The van der Waals surface area contributed by atoms with Gasteiger partial charge in [0.05, 0.1) is 11.3 Å². The Labute approximate surface area is 116 Å². The first-order valence-corrected chi connectivity index (χ1v) is 6.37. The molecule has 1 aromatic heterocycles. The molecule has 2 rings (SSSR count). The third-order valence-corrected chi connectivity index (χ3v) is 3.94. The van der Waals surface area contributed by atoms with Crippen molar-refractivity contribution in [3.8, 4) is 5.69 Å². The first-order chi connectivity index (χ1) is 8.41. The number of aryl methyl sites for hydroxylation is 1. The molecule has 0 amide bonds. The van der Waals surface area contributed by atoms with Gasteiger partial charge in [-0.3, -0.25) is 9.78 Å². The summed E-state index contributed by atoms with van der Waals surface area (Å²) in [5.74, 6) is 0. The molecule has 0 aliphatic heterocycles. The number of benzene rings is 1. The Hall–Kier alpha value is -1.33. The van der Waals surface area contributed by atoms with E-state index in [2.05, 4.69) is 20.9 Å². The van der Waals surface area contributed by atoms with E-state index in [-0.39, 0.29) is 5.15 Å². The van der Waals surface area contributed by atoms with E-state index in [1.165, 1.54) is 0 Å². The molecule has 1 aromatic carbocycles. The van der Waals surface area contributed by atoms with Crippen molar-refractivity contribution in [2.24, 2.45) is 0 Å². The smallest absolute Gasteiger partial charge is 0.297 e. The molecule has 0 saturated carbocycles. The van der Waals surface area contributed by atoms with E-state index >= 15 is 0 Å². The normalized spacial score (nSPS) is 10.7. The fraction of sp³-hybridized carbons (Fsp3) is 0.167. The van der Waals surface area contributed by atoms with Crippen LogP contribution in [0.2, 0.25) is 5.15 Å². The number of aromatic nitrogens is 2. The van der Waals surface area contributed by atoms with Crippen LogP contribution in [0.15, 0.2) is 32.3 Å². The highest BCUT2D eigenvalue weighted by molar-refractivity contribution is 9.10. The first-order valence-electron chi connectivity index (χ1n) is 5.20. The second-order valence-corrected chi connectivity index (χ2v) is 5.18. The van der Waals surface area contributed by atoms with Crippen LogP contribution in [0.1, 0.15) is 11.1 Å². The average molecular weight is 330 g/mol. The van der Waals surface area contributed by atoms with Crippen molar-refractivity contribution < 1.29 is 0 Å². The maximum absolute atomic E-state index is 12.1. The quantitative estimate of drug-likeness (QED) is 0.818. The minimum atomic E-state index is -0.544. The molecule has 6 heteroatoms. The average Bonchev–Trinajstić information content (AvgIpc) is 2.31. The topological polar surface area (TPSA) is 54.9 Å². The lowest BCUT2D eigenvalue weighted by atomic mass is 10.2. The Kier molecular flexibility index (Phi) is 3.45. The molecule has 0 fully saturated rings. The summed E-state index contributed by atoms with van der Waals surface area (Å²) in [7, 11) is 0. The van der Waals surface area contributed by atoms with Gasteiger partial charge in [0, 0.05) is 4.47 Å². The van der Waals surface area contributed by atoms with Gasteiger partial charge in [-0.25, -0.2) is 9.36 Å². The first kappa shape index (κ1) is 13.1. The van der Waals surface area contributed by atoms with Crippen LogP contribution in [-0.2, 0) is 0 Å². The van der Waals surface area contributed by atoms with Crippen LogP contribution in [0, 0.1) is 13.8 Å². The van der Waals surface area contributed by atoms with Crippen LogP contribution in [0.25, 0.3) is 5.69 Å². The predicted molar refractivity (Wildman–Crippen MR) is 74.8 cm³/mol. The molecular formula is C12H10BrClN2O2. The van der Waals surface area contributed by atoms with Crippen molar-refractivity contribution in [2.45, 2.75) is 13.8 Å². The van der Waals surface area contributed by atoms with Crippen LogP contribution < -0.4 is 11.2 Å². The van der Waals surface area contributed by atoms with Gasteiger partial charge < -0.3 is 0 Å². The Morgan fingerprint density at radius 2 is 1.94 bits per heavy atom. The number of halogens is 2. The zero-order valence-corrected chi connectivity index (χ0v) is 12.1. The molecular weight excluding hydrogens is 320 g/mol. The highest BCUT2D eigenvalue weighted by atomic mass is 79.9. The van der Waals surface area contributed by atoms with Crippen LogP contribution in [0.5, 0.6) is 0 Å². The molecule has 1 N–H and O–H groups in total. The largest absolute Gasteiger partial charge is 0.334 e. The van der Waals surface area contributed by atoms with E-state index < -0.39 is 11.2 Å². The van der Waals surface area contributed by atoms with Gasteiger partial charge in [0.15, 0.2) is 0 Å². The SMILES string of the molecule is Cc1cc(-n2c(=O)[nH]c(Cl)c(C)c2=O)ccc1Br. The van der Waals surface area contributed by atoms with Crippen molar-refractivity contribution >= 4 is 27.5 Å². The molecule has 0 radical (unpaired) electrons. The van der Waals surface area contributed by atoms with E-state index in [4.69, 9.17) is 11.6 Å². The van der Waals surface area contributed by atoms with Crippen LogP contribution in [-0.4, -0.2) is 9.55 Å². The number of nitrogens with zero attached hydrogens (tertiary/aromatic N) is 1. The number of hydrogen-bond acceptors (Lipinski definition) is 2. The molecule has 18 heavy (non-hydrogen) atoms. The molecule has 0 spiro atoms. The maximum Gasteiger partial charge on any atom is 0.334 e. The van der Waals surface area contributed by atoms with Gasteiger partial charge >= 0.3 is 5.69 Å². The van der Waals surface area contributed by atoms with Crippen LogP contribution in [0.3, 0.4) is 0 Å². The fourth-order valence-electron chi connectivity index (χ4n) is 1.60. The van der Waals surface area contributed by atoms with Gasteiger partial charge in [-0.15, -0.1) is 0 Å². The van der Waals surface area contributed by atoms with Crippen molar-refractivity contribution in [3.05, 3.63) is 59.8 Å². The van der Waals surface area contributed by atoms with Gasteiger partial charge in [-0.1, -0.05) is 27.5 Å². The fourth-order valence-corrected chi connectivity index (χ4v) is 2.01. The minimum absolute atomic E-state index is 0.0788. The molecule has 0 unspecified atom stereocenters. The zero-order valence-electron chi connectivity index (χ0n) is 9.75. The van der Waals surface area contributed by atoms with E-state index in [1.54, 1.807) is 25.1 Å². The number of hydrogen-bond donors (Lipinski definition) is 1. The number of rotatable bonds is 1. The Morgan fingerprint density at radius 1 is 1.28 bits per heavy atom. The van der Waals surface area contributed by atoms with Crippen molar-refractivity contribution in [2.75, 3.05) is 0 Å². The summed E-state index contributed by atoms with van der Waals surface area (Å²) in [6.07, 6.45) is 0. The van der Waals surface area contributed by atoms with E-state index in [0.29, 0.717) is 11.3 Å². The lowest BCUT2D eigenvalue weighted by molar-refractivity contribution is 0.859. The molecule has 94 valence electrons.